The number of likely N-dealkylation sites (N-methyl/N-ethyl adjacent to an activating group) is 1. The monoisotopic (exact) mass is 879 g/mol. The highest BCUT2D eigenvalue weighted by Crippen LogP contribution is 2.43. The zero-order valence-corrected chi connectivity index (χ0v) is 41.3. The van der Waals surface area contributed by atoms with E-state index in [4.69, 9.17) is 18.5 Å². The number of carbonyl (C=O) groups excluding carboxylic acids is 1. The molecule has 0 radical (unpaired) electrons. The summed E-state index contributed by atoms with van der Waals surface area (Å²) in [6.07, 6.45) is 57.0. The first-order valence-electron chi connectivity index (χ1n) is 25.0. The van der Waals surface area contributed by atoms with Gasteiger partial charge in [0.15, 0.2) is 0 Å². The highest BCUT2D eigenvalue weighted by Gasteiger charge is 2.26. The van der Waals surface area contributed by atoms with Crippen LogP contribution < -0.4 is 0 Å². The second kappa shape index (κ2) is 44.8. The normalized spacial score (nSPS) is 14.1. The first kappa shape index (κ1) is 59.2. The SMILES string of the molecule is CC/C=C\C/C=C\C/C=C\C/C=C\CCCCCCC(=O)OC(COCCCCCCCCCCCC/C=C\CCCCCCCCCC)COP(=O)(O)OCC[N+](C)(C)C. The van der Waals surface area contributed by atoms with Crippen molar-refractivity contribution in [1.82, 2.24) is 0 Å². The van der Waals surface area contributed by atoms with Crippen molar-refractivity contribution in [1.29, 1.82) is 0 Å². The maximum Gasteiger partial charge on any atom is 0.472 e. The number of phosphoric ester groups is 1. The molecular weight excluding hydrogens is 782 g/mol. The topological polar surface area (TPSA) is 91.3 Å². The molecule has 2 unspecified atom stereocenters. The quantitative estimate of drug-likeness (QED) is 0.0214. The Balaban J connectivity index is 4.18. The summed E-state index contributed by atoms with van der Waals surface area (Å²) >= 11 is 0. The molecule has 1 N–H and O–H groups in total. The second-order valence-corrected chi connectivity index (χ2v) is 19.3. The van der Waals surface area contributed by atoms with Crippen molar-refractivity contribution >= 4 is 13.8 Å². The predicted molar refractivity (Wildman–Crippen MR) is 261 cm³/mol. The van der Waals surface area contributed by atoms with E-state index in [1.54, 1.807) is 0 Å². The fourth-order valence-electron chi connectivity index (χ4n) is 6.72. The minimum atomic E-state index is -4.29. The zero-order chi connectivity index (χ0) is 44.8. The van der Waals surface area contributed by atoms with Gasteiger partial charge in [-0.1, -0.05) is 184 Å². The fourth-order valence-corrected chi connectivity index (χ4v) is 7.46. The predicted octanol–water partition coefficient (Wildman–Crippen LogP) is 15.3. The number of phosphoric acid groups is 1. The van der Waals surface area contributed by atoms with E-state index in [1.807, 2.05) is 21.1 Å². The molecule has 0 aromatic rings. The average molecular weight is 879 g/mol. The third-order valence-corrected chi connectivity index (χ3v) is 11.5. The largest absolute Gasteiger partial charge is 0.472 e. The van der Waals surface area contributed by atoms with Crippen LogP contribution in [0.4, 0.5) is 0 Å². The summed E-state index contributed by atoms with van der Waals surface area (Å²) in [5.41, 5.74) is 0. The van der Waals surface area contributed by atoms with Gasteiger partial charge in [-0.2, -0.15) is 0 Å². The second-order valence-electron chi connectivity index (χ2n) is 17.8. The number of rotatable bonds is 46. The van der Waals surface area contributed by atoms with Gasteiger partial charge in [0.05, 0.1) is 34.4 Å². The van der Waals surface area contributed by atoms with Crippen molar-refractivity contribution in [3.63, 3.8) is 0 Å². The Bertz CT molecular complexity index is 1160. The summed E-state index contributed by atoms with van der Waals surface area (Å²) in [4.78, 5) is 23.0. The van der Waals surface area contributed by atoms with Gasteiger partial charge < -0.3 is 18.9 Å². The fraction of sp³-hybridized carbons (Fsp3) is 0.788. The molecule has 8 nitrogen and oxygen atoms in total. The highest BCUT2D eigenvalue weighted by atomic mass is 31.2. The van der Waals surface area contributed by atoms with Gasteiger partial charge >= 0.3 is 13.8 Å². The number of carbonyl (C=O) groups is 1. The number of hydrogen-bond acceptors (Lipinski definition) is 6. The average Bonchev–Trinajstić information content (AvgIpc) is 3.22. The zero-order valence-electron chi connectivity index (χ0n) is 40.4. The van der Waals surface area contributed by atoms with Gasteiger partial charge in [0.2, 0.25) is 0 Å². The van der Waals surface area contributed by atoms with E-state index in [0.29, 0.717) is 24.1 Å². The summed E-state index contributed by atoms with van der Waals surface area (Å²) in [6.45, 7) is 5.48. The molecule has 0 rings (SSSR count). The smallest absolute Gasteiger partial charge is 0.457 e. The van der Waals surface area contributed by atoms with Crippen molar-refractivity contribution in [2.75, 3.05) is 54.1 Å². The van der Waals surface area contributed by atoms with Crippen LogP contribution in [0.5, 0.6) is 0 Å². The third kappa shape index (κ3) is 49.1. The van der Waals surface area contributed by atoms with Crippen molar-refractivity contribution in [3.05, 3.63) is 60.8 Å². The summed E-state index contributed by atoms with van der Waals surface area (Å²) in [5, 5.41) is 0. The molecule has 0 amide bonds. The van der Waals surface area contributed by atoms with E-state index in [-0.39, 0.29) is 25.8 Å². The molecule has 0 bridgehead atoms. The number of quaternary nitrogens is 1. The van der Waals surface area contributed by atoms with Crippen LogP contribution in [0, 0.1) is 0 Å². The van der Waals surface area contributed by atoms with Crippen LogP contribution in [-0.4, -0.2) is 75.6 Å². The molecule has 0 aromatic carbocycles. The molecule has 0 fully saturated rings. The van der Waals surface area contributed by atoms with Gasteiger partial charge in [-0.3, -0.25) is 13.8 Å². The standard InChI is InChI=1S/C52H96NO7P/c1-6-8-10-12-14-16-18-20-22-24-25-26-27-28-30-32-34-36-38-40-42-44-47-57-49-51(50-59-61(55,56)58-48-46-53(3,4)5)60-52(54)45-43-41-39-37-35-33-31-29-23-21-19-17-15-13-11-9-7-2/h9,11,15,17,21,23-25,31,33,51H,6-8,10,12-14,16,18-20,22,26-30,32,34-50H2,1-5H3/p+1/b11-9-,17-15-,23-21-,25-24-,33-31-. The minimum Gasteiger partial charge on any atom is -0.457 e. The maximum atomic E-state index is 12.7. The molecule has 0 saturated heterocycles. The van der Waals surface area contributed by atoms with E-state index < -0.39 is 13.9 Å². The van der Waals surface area contributed by atoms with Crippen LogP contribution in [0.15, 0.2) is 60.8 Å². The molecule has 356 valence electrons. The van der Waals surface area contributed by atoms with Crippen LogP contribution in [0.3, 0.4) is 0 Å². The van der Waals surface area contributed by atoms with E-state index >= 15 is 0 Å². The Hall–Kier alpha value is -1.80. The lowest BCUT2D eigenvalue weighted by molar-refractivity contribution is -0.870. The Kier molecular flexibility index (Phi) is 43.5. The van der Waals surface area contributed by atoms with Crippen molar-refractivity contribution < 1.29 is 37.3 Å². The summed E-state index contributed by atoms with van der Waals surface area (Å²) < 4.78 is 35.1. The van der Waals surface area contributed by atoms with Crippen LogP contribution in [-0.2, 0) is 27.9 Å². The first-order chi connectivity index (χ1) is 29.6. The molecule has 0 heterocycles. The van der Waals surface area contributed by atoms with Crippen LogP contribution in [0.2, 0.25) is 0 Å². The van der Waals surface area contributed by atoms with Gasteiger partial charge in [-0.25, -0.2) is 4.57 Å². The Morgan fingerprint density at radius 1 is 0.525 bits per heavy atom. The highest BCUT2D eigenvalue weighted by molar-refractivity contribution is 7.47. The molecule has 0 aliphatic rings. The number of hydrogen-bond donors (Lipinski definition) is 1. The summed E-state index contributed by atoms with van der Waals surface area (Å²) in [5.74, 6) is -0.337. The molecule has 2 atom stereocenters. The van der Waals surface area contributed by atoms with Crippen LogP contribution in [0.25, 0.3) is 0 Å². The van der Waals surface area contributed by atoms with Gasteiger partial charge in [-0.15, -0.1) is 0 Å². The minimum absolute atomic E-state index is 0.0812. The number of esters is 1. The molecule has 61 heavy (non-hydrogen) atoms. The molecule has 9 heteroatoms. The molecule has 0 spiro atoms. The number of ether oxygens (including phenoxy) is 2. The van der Waals surface area contributed by atoms with Gasteiger partial charge in [0.1, 0.15) is 19.3 Å². The van der Waals surface area contributed by atoms with Crippen molar-refractivity contribution in [2.45, 2.75) is 213 Å². The van der Waals surface area contributed by atoms with E-state index in [9.17, 15) is 14.3 Å². The maximum absolute atomic E-state index is 12.7. The Morgan fingerprint density at radius 2 is 0.951 bits per heavy atom. The lowest BCUT2D eigenvalue weighted by Crippen LogP contribution is -2.37. The van der Waals surface area contributed by atoms with Gasteiger partial charge in [0, 0.05) is 13.0 Å². The van der Waals surface area contributed by atoms with Crippen LogP contribution in [0.1, 0.15) is 206 Å². The lowest BCUT2D eigenvalue weighted by Gasteiger charge is -2.24. The summed E-state index contributed by atoms with van der Waals surface area (Å²) in [6, 6.07) is 0. The Labute approximate surface area is 377 Å². The molecular formula is C52H97NO7P+. The number of unbranched alkanes of at least 4 members (excludes halogenated alkanes) is 22. The van der Waals surface area contributed by atoms with Crippen LogP contribution >= 0.6 is 7.82 Å². The van der Waals surface area contributed by atoms with Crippen molar-refractivity contribution in [2.24, 2.45) is 0 Å². The Morgan fingerprint density at radius 3 is 1.44 bits per heavy atom. The van der Waals surface area contributed by atoms with E-state index in [2.05, 4.69) is 74.6 Å². The molecule has 0 aromatic heterocycles. The summed E-state index contributed by atoms with van der Waals surface area (Å²) in [7, 11) is 1.65. The lowest BCUT2D eigenvalue weighted by atomic mass is 10.1. The molecule has 0 aliphatic heterocycles. The van der Waals surface area contributed by atoms with Gasteiger partial charge in [-0.05, 0) is 77.0 Å². The third-order valence-electron chi connectivity index (χ3n) is 10.6. The molecule has 0 saturated carbocycles. The number of nitrogens with zero attached hydrogens (tertiary/aromatic N) is 1. The van der Waals surface area contributed by atoms with Gasteiger partial charge in [0.25, 0.3) is 0 Å². The van der Waals surface area contributed by atoms with Crippen molar-refractivity contribution in [3.8, 4) is 0 Å². The molecule has 0 aliphatic carbocycles. The van der Waals surface area contributed by atoms with E-state index in [1.165, 1.54) is 116 Å². The number of allylic oxidation sites excluding steroid dienone is 10. The first-order valence-corrected chi connectivity index (χ1v) is 26.5. The van der Waals surface area contributed by atoms with E-state index in [0.717, 1.165) is 70.6 Å².